The first-order valence-corrected chi connectivity index (χ1v) is 8.98. The zero-order valence-corrected chi connectivity index (χ0v) is 14.7. The van der Waals surface area contributed by atoms with Crippen molar-refractivity contribution in [1.82, 2.24) is 4.90 Å². The van der Waals surface area contributed by atoms with Crippen LogP contribution >= 0.6 is 23.4 Å². The second-order valence-electron chi connectivity index (χ2n) is 5.71. The third kappa shape index (κ3) is 4.10. The van der Waals surface area contributed by atoms with Crippen LogP contribution in [-0.2, 0) is 9.59 Å². The summed E-state index contributed by atoms with van der Waals surface area (Å²) in [5.74, 6) is -0.765. The standard InChI is InChI=1S/C15H15ClN4O4S/c16-10-4-3-9(20(23)24)7-11(10)17-13(21)8-12-14(22)18-15(25-12)19-5-1-2-6-19/h3-4,7,12H,1-2,5-6,8H2,(H,17,21). The van der Waals surface area contributed by atoms with Crippen molar-refractivity contribution in [2.24, 2.45) is 4.99 Å². The molecule has 0 bridgehead atoms. The zero-order chi connectivity index (χ0) is 18.0. The van der Waals surface area contributed by atoms with Gasteiger partial charge in [0.25, 0.3) is 11.6 Å². The molecule has 1 aromatic carbocycles. The Bertz CT molecular complexity index is 764. The summed E-state index contributed by atoms with van der Waals surface area (Å²) in [4.78, 5) is 40.6. The fourth-order valence-electron chi connectivity index (χ4n) is 2.65. The molecule has 2 aliphatic rings. The monoisotopic (exact) mass is 382 g/mol. The third-order valence-electron chi connectivity index (χ3n) is 3.91. The van der Waals surface area contributed by atoms with Crippen molar-refractivity contribution in [2.45, 2.75) is 24.5 Å². The number of nitrogens with zero attached hydrogens (tertiary/aromatic N) is 3. The fourth-order valence-corrected chi connectivity index (χ4v) is 3.93. The van der Waals surface area contributed by atoms with Gasteiger partial charge in [-0.15, -0.1) is 0 Å². The molecule has 1 aromatic rings. The van der Waals surface area contributed by atoms with Crippen LogP contribution in [0.1, 0.15) is 19.3 Å². The van der Waals surface area contributed by atoms with E-state index < -0.39 is 16.1 Å². The number of likely N-dealkylation sites (tertiary alicyclic amines) is 1. The normalized spacial score (nSPS) is 19.9. The van der Waals surface area contributed by atoms with E-state index in [4.69, 9.17) is 11.6 Å². The molecule has 0 aromatic heterocycles. The Hall–Kier alpha value is -2.13. The van der Waals surface area contributed by atoms with Crippen molar-refractivity contribution >= 4 is 51.7 Å². The number of nitro groups is 1. The van der Waals surface area contributed by atoms with Gasteiger partial charge in [0.2, 0.25) is 5.91 Å². The number of carbonyl (C=O) groups is 2. The smallest absolute Gasteiger partial charge is 0.271 e. The molecule has 25 heavy (non-hydrogen) atoms. The fraction of sp³-hybridized carbons (Fsp3) is 0.400. The van der Waals surface area contributed by atoms with Crippen molar-refractivity contribution in [3.8, 4) is 0 Å². The van der Waals surface area contributed by atoms with E-state index in [1.54, 1.807) is 0 Å². The quantitative estimate of drug-likeness (QED) is 0.634. The van der Waals surface area contributed by atoms with Gasteiger partial charge in [-0.1, -0.05) is 23.4 Å². The maximum absolute atomic E-state index is 12.2. The number of amides is 2. The third-order valence-corrected chi connectivity index (χ3v) is 5.45. The highest BCUT2D eigenvalue weighted by Gasteiger charge is 2.33. The zero-order valence-electron chi connectivity index (χ0n) is 13.1. The Kier molecular flexibility index (Phi) is 5.24. The van der Waals surface area contributed by atoms with Crippen molar-refractivity contribution in [2.75, 3.05) is 18.4 Å². The largest absolute Gasteiger partial charge is 0.351 e. The first-order chi connectivity index (χ1) is 11.9. The average molecular weight is 383 g/mol. The Labute approximate surface area is 152 Å². The van der Waals surface area contributed by atoms with E-state index in [9.17, 15) is 19.7 Å². The number of hydrogen-bond acceptors (Lipinski definition) is 6. The SMILES string of the molecule is O=C(CC1SC(N2CCCC2)=NC1=O)Nc1cc([N+](=O)[O-])ccc1Cl. The lowest BCUT2D eigenvalue weighted by atomic mass is 10.2. The molecule has 0 spiro atoms. The molecular weight excluding hydrogens is 368 g/mol. The molecule has 1 unspecified atom stereocenters. The first kappa shape index (κ1) is 17.7. The Morgan fingerprint density at radius 2 is 2.16 bits per heavy atom. The molecule has 10 heteroatoms. The van der Waals surface area contributed by atoms with Crippen LogP contribution in [0.3, 0.4) is 0 Å². The van der Waals surface area contributed by atoms with Crippen LogP contribution < -0.4 is 5.32 Å². The predicted molar refractivity (Wildman–Crippen MR) is 96.0 cm³/mol. The number of thioether (sulfide) groups is 1. The topological polar surface area (TPSA) is 105 Å². The second-order valence-corrected chi connectivity index (χ2v) is 7.28. The molecule has 0 aliphatic carbocycles. The van der Waals surface area contributed by atoms with Crippen LogP contribution in [-0.4, -0.2) is 45.1 Å². The molecule has 0 radical (unpaired) electrons. The Morgan fingerprint density at radius 3 is 2.84 bits per heavy atom. The minimum Gasteiger partial charge on any atom is -0.351 e. The molecule has 1 fully saturated rings. The van der Waals surface area contributed by atoms with Gasteiger partial charge < -0.3 is 10.2 Å². The molecule has 3 rings (SSSR count). The van der Waals surface area contributed by atoms with Crippen LogP contribution in [0.5, 0.6) is 0 Å². The van der Waals surface area contributed by atoms with Gasteiger partial charge in [0.05, 0.1) is 15.6 Å². The summed E-state index contributed by atoms with van der Waals surface area (Å²) < 4.78 is 0. The van der Waals surface area contributed by atoms with Gasteiger partial charge in [-0.05, 0) is 18.9 Å². The number of nitrogens with one attached hydrogen (secondary N) is 1. The summed E-state index contributed by atoms with van der Waals surface area (Å²) in [6.45, 7) is 1.75. The van der Waals surface area contributed by atoms with E-state index in [1.807, 2.05) is 0 Å². The summed E-state index contributed by atoms with van der Waals surface area (Å²) in [5, 5.41) is 13.6. The first-order valence-electron chi connectivity index (χ1n) is 7.72. The molecular formula is C15H15ClN4O4S. The van der Waals surface area contributed by atoms with Gasteiger partial charge in [-0.25, -0.2) is 0 Å². The lowest BCUT2D eigenvalue weighted by Crippen LogP contribution is -2.25. The number of nitro benzene ring substituents is 1. The Balaban J connectivity index is 1.61. The number of non-ortho nitro benzene ring substituents is 1. The van der Waals surface area contributed by atoms with E-state index in [0.717, 1.165) is 25.9 Å². The van der Waals surface area contributed by atoms with Gasteiger partial charge in [-0.3, -0.25) is 19.7 Å². The molecule has 1 atom stereocenters. The minimum atomic E-state index is -0.576. The summed E-state index contributed by atoms with van der Waals surface area (Å²) in [6, 6.07) is 3.79. The van der Waals surface area contributed by atoms with Gasteiger partial charge >= 0.3 is 0 Å². The number of aliphatic imine (C=N–C) groups is 1. The van der Waals surface area contributed by atoms with Crippen LogP contribution in [0.2, 0.25) is 5.02 Å². The highest BCUT2D eigenvalue weighted by Crippen LogP contribution is 2.30. The van der Waals surface area contributed by atoms with E-state index in [-0.39, 0.29) is 28.7 Å². The maximum Gasteiger partial charge on any atom is 0.271 e. The van der Waals surface area contributed by atoms with Gasteiger partial charge in [0, 0.05) is 31.6 Å². The van der Waals surface area contributed by atoms with Gasteiger partial charge in [0.15, 0.2) is 5.17 Å². The van der Waals surface area contributed by atoms with E-state index >= 15 is 0 Å². The van der Waals surface area contributed by atoms with Crippen molar-refractivity contribution < 1.29 is 14.5 Å². The lowest BCUT2D eigenvalue weighted by Gasteiger charge is -2.16. The van der Waals surface area contributed by atoms with E-state index in [2.05, 4.69) is 15.2 Å². The highest BCUT2D eigenvalue weighted by atomic mass is 35.5. The van der Waals surface area contributed by atoms with Gasteiger partial charge in [-0.2, -0.15) is 4.99 Å². The molecule has 2 amide bonds. The summed E-state index contributed by atoms with van der Waals surface area (Å²) >= 11 is 7.25. The number of anilines is 1. The molecule has 0 saturated carbocycles. The molecule has 8 nitrogen and oxygen atoms in total. The average Bonchev–Trinajstić information content (AvgIpc) is 3.20. The van der Waals surface area contributed by atoms with Crippen LogP contribution in [0.15, 0.2) is 23.2 Å². The molecule has 1 N–H and O–H groups in total. The lowest BCUT2D eigenvalue weighted by molar-refractivity contribution is -0.384. The molecule has 132 valence electrons. The number of carbonyl (C=O) groups excluding carboxylic acids is 2. The molecule has 2 heterocycles. The summed E-state index contributed by atoms with van der Waals surface area (Å²) in [6.07, 6.45) is 2.08. The minimum absolute atomic E-state index is 0.0661. The van der Waals surface area contributed by atoms with Crippen LogP contribution in [0.25, 0.3) is 0 Å². The number of hydrogen-bond donors (Lipinski definition) is 1. The van der Waals surface area contributed by atoms with Crippen LogP contribution in [0, 0.1) is 10.1 Å². The van der Waals surface area contributed by atoms with E-state index in [1.165, 1.54) is 30.0 Å². The van der Waals surface area contributed by atoms with Crippen molar-refractivity contribution in [1.29, 1.82) is 0 Å². The molecule has 2 aliphatic heterocycles. The predicted octanol–water partition coefficient (Wildman–Crippen LogP) is 2.67. The van der Waals surface area contributed by atoms with Crippen molar-refractivity contribution in [3.63, 3.8) is 0 Å². The summed E-state index contributed by atoms with van der Waals surface area (Å²) in [5.41, 5.74) is -0.0253. The second kappa shape index (κ2) is 7.40. The molecule has 1 saturated heterocycles. The number of benzene rings is 1. The number of rotatable bonds is 4. The number of halogens is 1. The Morgan fingerprint density at radius 1 is 1.44 bits per heavy atom. The number of amidine groups is 1. The van der Waals surface area contributed by atoms with Gasteiger partial charge in [0.1, 0.15) is 5.25 Å². The maximum atomic E-state index is 12.2. The highest BCUT2D eigenvalue weighted by molar-refractivity contribution is 8.15. The summed E-state index contributed by atoms with van der Waals surface area (Å²) in [7, 11) is 0. The van der Waals surface area contributed by atoms with Crippen LogP contribution in [0.4, 0.5) is 11.4 Å². The van der Waals surface area contributed by atoms with E-state index in [0.29, 0.717) is 5.17 Å². The van der Waals surface area contributed by atoms with Crippen molar-refractivity contribution in [3.05, 3.63) is 33.3 Å².